The fourth-order valence-electron chi connectivity index (χ4n) is 3.74. The van der Waals surface area contributed by atoms with E-state index >= 15 is 0 Å². The molecule has 138 valence electrons. The second kappa shape index (κ2) is 6.83. The molecule has 0 unspecified atom stereocenters. The predicted molar refractivity (Wildman–Crippen MR) is 98.1 cm³/mol. The van der Waals surface area contributed by atoms with Crippen molar-refractivity contribution in [2.75, 3.05) is 32.7 Å². The van der Waals surface area contributed by atoms with Gasteiger partial charge in [-0.1, -0.05) is 0 Å². The summed E-state index contributed by atoms with van der Waals surface area (Å²) in [5, 5.41) is 4.52. The van der Waals surface area contributed by atoms with Crippen LogP contribution in [0.25, 0.3) is 5.69 Å². The van der Waals surface area contributed by atoms with Crippen molar-refractivity contribution in [2.24, 2.45) is 5.92 Å². The van der Waals surface area contributed by atoms with Gasteiger partial charge in [-0.05, 0) is 56.9 Å². The lowest BCUT2D eigenvalue weighted by Crippen LogP contribution is -2.49. The Labute approximate surface area is 153 Å². The van der Waals surface area contributed by atoms with Crippen molar-refractivity contribution in [3.8, 4) is 5.69 Å². The van der Waals surface area contributed by atoms with E-state index in [-0.39, 0.29) is 11.7 Å². The first-order chi connectivity index (χ1) is 12.5. The Balaban J connectivity index is 1.50. The average molecular weight is 356 g/mol. The van der Waals surface area contributed by atoms with Gasteiger partial charge in [0.1, 0.15) is 5.82 Å². The van der Waals surface area contributed by atoms with Crippen molar-refractivity contribution < 1.29 is 9.18 Å². The van der Waals surface area contributed by atoms with Gasteiger partial charge >= 0.3 is 0 Å². The maximum Gasteiger partial charge on any atom is 0.257 e. The van der Waals surface area contributed by atoms with E-state index in [2.05, 4.69) is 10.00 Å². The maximum atomic E-state index is 13.2. The number of halogens is 1. The Morgan fingerprint density at radius 3 is 2.38 bits per heavy atom. The van der Waals surface area contributed by atoms with Crippen LogP contribution >= 0.6 is 0 Å². The molecule has 0 atom stereocenters. The second-order valence-corrected chi connectivity index (χ2v) is 7.47. The summed E-state index contributed by atoms with van der Waals surface area (Å²) < 4.78 is 14.9. The first-order valence-electron chi connectivity index (χ1n) is 9.36. The van der Waals surface area contributed by atoms with Crippen LogP contribution in [0, 0.1) is 25.6 Å². The van der Waals surface area contributed by atoms with Gasteiger partial charge in [-0.3, -0.25) is 9.69 Å². The van der Waals surface area contributed by atoms with Gasteiger partial charge in [0, 0.05) is 32.7 Å². The normalized spacial score (nSPS) is 18.3. The summed E-state index contributed by atoms with van der Waals surface area (Å²) in [6.07, 6.45) is 2.72. The number of hydrogen-bond donors (Lipinski definition) is 0. The molecule has 26 heavy (non-hydrogen) atoms. The number of aromatic nitrogens is 2. The van der Waals surface area contributed by atoms with E-state index in [1.807, 2.05) is 18.7 Å². The lowest BCUT2D eigenvalue weighted by molar-refractivity contribution is 0.0630. The van der Waals surface area contributed by atoms with Crippen LogP contribution in [0.4, 0.5) is 4.39 Å². The van der Waals surface area contributed by atoms with Gasteiger partial charge in [0.05, 0.1) is 22.6 Å². The Morgan fingerprint density at radius 2 is 1.77 bits per heavy atom. The number of benzene rings is 1. The van der Waals surface area contributed by atoms with Crippen LogP contribution in [0.2, 0.25) is 0 Å². The number of piperazine rings is 1. The molecule has 2 aliphatic rings. The molecule has 0 N–H and O–H groups in total. The summed E-state index contributed by atoms with van der Waals surface area (Å²) in [4.78, 5) is 17.5. The first kappa shape index (κ1) is 17.2. The first-order valence-corrected chi connectivity index (χ1v) is 9.36. The molecule has 2 aromatic rings. The second-order valence-electron chi connectivity index (χ2n) is 7.47. The summed E-state index contributed by atoms with van der Waals surface area (Å²) in [5.41, 5.74) is 2.96. The minimum Gasteiger partial charge on any atom is -0.336 e. The zero-order valence-electron chi connectivity index (χ0n) is 15.4. The maximum absolute atomic E-state index is 13.2. The van der Waals surface area contributed by atoms with E-state index in [0.717, 1.165) is 49.2 Å². The summed E-state index contributed by atoms with van der Waals surface area (Å²) in [7, 11) is 0. The van der Waals surface area contributed by atoms with E-state index in [1.165, 1.54) is 31.5 Å². The molecule has 1 amide bonds. The van der Waals surface area contributed by atoms with Gasteiger partial charge in [-0.25, -0.2) is 9.07 Å². The number of hydrogen-bond acceptors (Lipinski definition) is 3. The zero-order valence-corrected chi connectivity index (χ0v) is 15.4. The van der Waals surface area contributed by atoms with E-state index < -0.39 is 0 Å². The van der Waals surface area contributed by atoms with Crippen LogP contribution in [-0.2, 0) is 0 Å². The molecule has 4 rings (SSSR count). The highest BCUT2D eigenvalue weighted by molar-refractivity contribution is 5.96. The van der Waals surface area contributed by atoms with Crippen LogP contribution in [0.1, 0.15) is 34.6 Å². The average Bonchev–Trinajstić information content (AvgIpc) is 3.40. The van der Waals surface area contributed by atoms with Crippen molar-refractivity contribution in [3.63, 3.8) is 0 Å². The molecule has 0 radical (unpaired) electrons. The SMILES string of the molecule is Cc1nn(-c2ccc(F)cc2)c(C)c1C(=O)N1CCN(CC2CC2)CC1. The molecule has 1 aromatic carbocycles. The van der Waals surface area contributed by atoms with Crippen LogP contribution in [0.5, 0.6) is 0 Å². The van der Waals surface area contributed by atoms with Gasteiger partial charge < -0.3 is 4.90 Å². The van der Waals surface area contributed by atoms with Gasteiger partial charge in [-0.2, -0.15) is 5.10 Å². The molecule has 1 saturated heterocycles. The highest BCUT2D eigenvalue weighted by Crippen LogP contribution is 2.30. The van der Waals surface area contributed by atoms with Crippen molar-refractivity contribution in [1.82, 2.24) is 19.6 Å². The Hall–Kier alpha value is -2.21. The lowest BCUT2D eigenvalue weighted by Gasteiger charge is -2.34. The third kappa shape index (κ3) is 3.38. The van der Waals surface area contributed by atoms with Crippen molar-refractivity contribution in [2.45, 2.75) is 26.7 Å². The monoisotopic (exact) mass is 356 g/mol. The molecule has 5 nitrogen and oxygen atoms in total. The van der Waals surface area contributed by atoms with Crippen molar-refractivity contribution in [1.29, 1.82) is 0 Å². The van der Waals surface area contributed by atoms with E-state index in [1.54, 1.807) is 16.8 Å². The summed E-state index contributed by atoms with van der Waals surface area (Å²) in [5.74, 6) is 0.658. The van der Waals surface area contributed by atoms with Gasteiger partial charge in [0.25, 0.3) is 5.91 Å². The van der Waals surface area contributed by atoms with Crippen molar-refractivity contribution >= 4 is 5.91 Å². The molecule has 2 fully saturated rings. The molecule has 1 saturated carbocycles. The molecule has 2 heterocycles. The fraction of sp³-hybridized carbons (Fsp3) is 0.500. The van der Waals surface area contributed by atoms with Gasteiger partial charge in [0.15, 0.2) is 0 Å². The molecule has 6 heteroatoms. The summed E-state index contributed by atoms with van der Waals surface area (Å²) in [6, 6.07) is 6.18. The number of amides is 1. The highest BCUT2D eigenvalue weighted by atomic mass is 19.1. The van der Waals surface area contributed by atoms with Crippen LogP contribution in [-0.4, -0.2) is 58.2 Å². The van der Waals surface area contributed by atoms with Crippen LogP contribution in [0.3, 0.4) is 0 Å². The summed E-state index contributed by atoms with van der Waals surface area (Å²) in [6.45, 7) is 8.39. The molecule has 0 spiro atoms. The number of nitrogens with zero attached hydrogens (tertiary/aromatic N) is 4. The standard InChI is InChI=1S/C20H25FN4O/c1-14-19(15(2)25(22-14)18-7-5-17(21)6-8-18)20(26)24-11-9-23(10-12-24)13-16-3-4-16/h5-8,16H,3-4,9-13H2,1-2H3. The minimum atomic E-state index is -0.282. The number of rotatable bonds is 4. The van der Waals surface area contributed by atoms with E-state index in [9.17, 15) is 9.18 Å². The van der Waals surface area contributed by atoms with E-state index in [0.29, 0.717) is 5.56 Å². The molecular formula is C20H25FN4O. The molecular weight excluding hydrogens is 331 g/mol. The fourth-order valence-corrected chi connectivity index (χ4v) is 3.74. The van der Waals surface area contributed by atoms with Crippen LogP contribution < -0.4 is 0 Å². The zero-order chi connectivity index (χ0) is 18.3. The van der Waals surface area contributed by atoms with Crippen LogP contribution in [0.15, 0.2) is 24.3 Å². The summed E-state index contributed by atoms with van der Waals surface area (Å²) >= 11 is 0. The third-order valence-corrected chi connectivity index (χ3v) is 5.45. The quantitative estimate of drug-likeness (QED) is 0.846. The highest BCUT2D eigenvalue weighted by Gasteiger charge is 2.30. The van der Waals surface area contributed by atoms with Crippen molar-refractivity contribution in [3.05, 3.63) is 47.0 Å². The molecule has 1 aliphatic carbocycles. The Kier molecular flexibility index (Phi) is 4.53. The van der Waals surface area contributed by atoms with E-state index in [4.69, 9.17) is 0 Å². The van der Waals surface area contributed by atoms with Gasteiger partial charge in [-0.15, -0.1) is 0 Å². The smallest absolute Gasteiger partial charge is 0.257 e. The largest absolute Gasteiger partial charge is 0.336 e. The number of carbonyl (C=O) groups is 1. The topological polar surface area (TPSA) is 41.4 Å². The predicted octanol–water partition coefficient (Wildman–Crippen LogP) is 2.80. The minimum absolute atomic E-state index is 0.0550. The lowest BCUT2D eigenvalue weighted by atomic mass is 10.1. The van der Waals surface area contributed by atoms with Gasteiger partial charge in [0.2, 0.25) is 0 Å². The number of aryl methyl sites for hydroxylation is 1. The molecule has 0 bridgehead atoms. The number of carbonyl (C=O) groups excluding carboxylic acids is 1. The molecule has 1 aromatic heterocycles. The molecule has 1 aliphatic heterocycles. The third-order valence-electron chi connectivity index (χ3n) is 5.45. The Morgan fingerprint density at radius 1 is 1.12 bits per heavy atom. The Bertz CT molecular complexity index is 802.